The molecule has 1 aromatic rings. The highest BCUT2D eigenvalue weighted by Crippen LogP contribution is 2.39. The Morgan fingerprint density at radius 1 is 1.44 bits per heavy atom. The SMILES string of the molecule is [2H]C1=C[C@H]2C(=O)N(Cc3ccc(OC)cc3)[C@@H]1[C@@H]2Br. The van der Waals surface area contributed by atoms with E-state index in [1.54, 1.807) is 18.1 Å². The number of methoxy groups -OCH3 is 1. The lowest BCUT2D eigenvalue weighted by Gasteiger charge is -2.24. The molecule has 1 aliphatic heterocycles. The fraction of sp³-hybridized carbons (Fsp3) is 0.357. The van der Waals surface area contributed by atoms with Crippen molar-refractivity contribution in [2.75, 3.05) is 7.11 Å². The summed E-state index contributed by atoms with van der Waals surface area (Å²) in [4.78, 5) is 14.0. The largest absolute Gasteiger partial charge is 0.497 e. The molecule has 1 heterocycles. The number of hydrogen-bond acceptors (Lipinski definition) is 2. The van der Waals surface area contributed by atoms with Crippen LogP contribution in [-0.2, 0) is 11.3 Å². The van der Waals surface area contributed by atoms with Crippen molar-refractivity contribution in [3.8, 4) is 5.75 Å². The van der Waals surface area contributed by atoms with Crippen molar-refractivity contribution in [3.63, 3.8) is 0 Å². The fourth-order valence-corrected chi connectivity index (χ4v) is 3.30. The number of nitrogens with zero attached hydrogens (tertiary/aromatic N) is 1. The van der Waals surface area contributed by atoms with Crippen LogP contribution in [0.25, 0.3) is 0 Å². The third-order valence-electron chi connectivity index (χ3n) is 3.51. The van der Waals surface area contributed by atoms with Crippen LogP contribution in [0.3, 0.4) is 0 Å². The Morgan fingerprint density at radius 3 is 2.78 bits per heavy atom. The minimum atomic E-state index is -0.171. The van der Waals surface area contributed by atoms with E-state index >= 15 is 0 Å². The van der Waals surface area contributed by atoms with Crippen molar-refractivity contribution in [1.29, 1.82) is 0 Å². The zero-order valence-corrected chi connectivity index (χ0v) is 11.6. The lowest BCUT2D eigenvalue weighted by atomic mass is 10.1. The van der Waals surface area contributed by atoms with Gasteiger partial charge in [0.05, 0.1) is 25.3 Å². The lowest BCUT2D eigenvalue weighted by Crippen LogP contribution is -2.34. The zero-order valence-electron chi connectivity index (χ0n) is 11.0. The number of alkyl halides is 1. The number of carbonyl (C=O) groups is 1. The van der Waals surface area contributed by atoms with Crippen molar-refractivity contribution < 1.29 is 10.9 Å². The molecule has 0 N–H and O–H groups in total. The van der Waals surface area contributed by atoms with E-state index in [0.29, 0.717) is 12.6 Å². The molecule has 2 bridgehead atoms. The highest BCUT2D eigenvalue weighted by Gasteiger charge is 2.47. The first kappa shape index (κ1) is 10.6. The molecular weight excluding hydrogens is 294 g/mol. The van der Waals surface area contributed by atoms with E-state index in [9.17, 15) is 4.79 Å². The Morgan fingerprint density at radius 2 is 2.17 bits per heavy atom. The fourth-order valence-electron chi connectivity index (χ4n) is 2.48. The molecule has 1 saturated heterocycles. The molecule has 0 saturated carbocycles. The van der Waals surface area contributed by atoms with Crippen LogP contribution in [0.5, 0.6) is 5.75 Å². The van der Waals surface area contributed by atoms with E-state index in [0.717, 1.165) is 11.3 Å². The molecule has 0 radical (unpaired) electrons. The number of ether oxygens (including phenoxy) is 1. The quantitative estimate of drug-likeness (QED) is 0.634. The first-order valence-corrected chi connectivity index (χ1v) is 6.79. The highest BCUT2D eigenvalue weighted by atomic mass is 79.9. The number of rotatable bonds is 3. The third kappa shape index (κ3) is 1.75. The molecule has 1 aliphatic carbocycles. The number of halogens is 1. The predicted molar refractivity (Wildman–Crippen MR) is 72.7 cm³/mol. The van der Waals surface area contributed by atoms with Crippen LogP contribution < -0.4 is 4.74 Å². The standard InChI is InChI=1S/C14H14BrNO2/c1-18-10-4-2-9(3-5-10)8-16-12-7-6-11(13(12)15)14(16)17/h2-7,11-13H,8H2,1H3/t11-,12+,13-/m1/s1/i7D. The molecule has 1 aromatic carbocycles. The Labute approximate surface area is 116 Å². The summed E-state index contributed by atoms with van der Waals surface area (Å²) >= 11 is 3.53. The van der Waals surface area contributed by atoms with Crippen molar-refractivity contribution in [2.45, 2.75) is 17.4 Å². The second kappa shape index (κ2) is 4.43. The topological polar surface area (TPSA) is 29.5 Å². The Kier molecular flexibility index (Phi) is 2.61. The summed E-state index contributed by atoms with van der Waals surface area (Å²) in [6.45, 7) is 0.544. The normalized spacial score (nSPS) is 30.4. The number of carbonyl (C=O) groups excluding carboxylic acids is 1. The van der Waals surface area contributed by atoms with Gasteiger partial charge in [-0.1, -0.05) is 40.2 Å². The molecule has 94 valence electrons. The summed E-state index contributed by atoms with van der Waals surface area (Å²) in [6.07, 6.45) is 1.76. The van der Waals surface area contributed by atoms with Gasteiger partial charge in [-0.25, -0.2) is 0 Å². The monoisotopic (exact) mass is 308 g/mol. The van der Waals surface area contributed by atoms with Crippen LogP contribution in [0.2, 0.25) is 0 Å². The molecule has 0 aromatic heterocycles. The Balaban J connectivity index is 1.80. The van der Waals surface area contributed by atoms with Crippen LogP contribution in [0, 0.1) is 5.92 Å². The third-order valence-corrected chi connectivity index (χ3v) is 4.58. The van der Waals surface area contributed by atoms with Gasteiger partial charge in [-0.05, 0) is 17.7 Å². The minimum absolute atomic E-state index is 0.0470. The van der Waals surface area contributed by atoms with Crippen LogP contribution in [0.15, 0.2) is 36.4 Å². The van der Waals surface area contributed by atoms with Gasteiger partial charge in [0.15, 0.2) is 0 Å². The minimum Gasteiger partial charge on any atom is -0.497 e. The Hall–Kier alpha value is -1.29. The highest BCUT2D eigenvalue weighted by molar-refractivity contribution is 9.09. The Bertz CT molecular complexity index is 543. The maximum Gasteiger partial charge on any atom is 0.231 e. The van der Waals surface area contributed by atoms with Crippen LogP contribution >= 0.6 is 15.9 Å². The second-order valence-corrected chi connectivity index (χ2v) is 5.62. The van der Waals surface area contributed by atoms with Gasteiger partial charge in [0.2, 0.25) is 5.91 Å². The van der Waals surface area contributed by atoms with E-state index < -0.39 is 0 Å². The molecule has 3 nitrogen and oxygen atoms in total. The summed E-state index contributed by atoms with van der Waals surface area (Å²) in [5.41, 5.74) is 1.05. The van der Waals surface area contributed by atoms with Gasteiger partial charge in [0.25, 0.3) is 0 Å². The van der Waals surface area contributed by atoms with Crippen molar-refractivity contribution in [1.82, 2.24) is 4.90 Å². The van der Waals surface area contributed by atoms with Gasteiger partial charge in [0, 0.05) is 6.54 Å². The van der Waals surface area contributed by atoms with E-state index in [-0.39, 0.29) is 22.7 Å². The maximum absolute atomic E-state index is 12.2. The van der Waals surface area contributed by atoms with Crippen molar-refractivity contribution in [2.24, 2.45) is 5.92 Å². The van der Waals surface area contributed by atoms with E-state index in [2.05, 4.69) is 15.9 Å². The molecular formula is C14H14BrNO2. The molecule has 0 unspecified atom stereocenters. The summed E-state index contributed by atoms with van der Waals surface area (Å²) in [5, 5.41) is 0. The average Bonchev–Trinajstić information content (AvgIpc) is 2.82. The maximum atomic E-state index is 12.2. The summed E-state index contributed by atoms with van der Waals surface area (Å²) in [7, 11) is 1.63. The number of likely N-dealkylation sites (tertiary alicyclic amines) is 1. The number of amides is 1. The van der Waals surface area contributed by atoms with Crippen LogP contribution in [0.4, 0.5) is 0 Å². The molecule has 1 fully saturated rings. The van der Waals surface area contributed by atoms with Crippen molar-refractivity contribution in [3.05, 3.63) is 42.0 Å². The zero-order chi connectivity index (χ0) is 13.6. The summed E-state index contributed by atoms with van der Waals surface area (Å²) in [5.74, 6) is 0.743. The van der Waals surface area contributed by atoms with Crippen LogP contribution in [0.1, 0.15) is 6.93 Å². The van der Waals surface area contributed by atoms with Crippen LogP contribution in [-0.4, -0.2) is 28.8 Å². The average molecular weight is 309 g/mol. The van der Waals surface area contributed by atoms with Crippen molar-refractivity contribution >= 4 is 21.8 Å². The van der Waals surface area contributed by atoms with Gasteiger partial charge >= 0.3 is 0 Å². The summed E-state index contributed by atoms with van der Waals surface area (Å²) in [6, 6.07) is 8.09. The smallest absolute Gasteiger partial charge is 0.231 e. The number of benzene rings is 1. The van der Waals surface area contributed by atoms with E-state index in [1.165, 1.54) is 0 Å². The molecule has 4 heteroatoms. The van der Waals surface area contributed by atoms with Gasteiger partial charge in [-0.2, -0.15) is 0 Å². The molecule has 2 aliphatic rings. The molecule has 18 heavy (non-hydrogen) atoms. The first-order chi connectivity index (χ1) is 9.11. The van der Waals surface area contributed by atoms with Gasteiger partial charge in [-0.3, -0.25) is 4.79 Å². The van der Waals surface area contributed by atoms with Gasteiger partial charge < -0.3 is 9.64 Å². The van der Waals surface area contributed by atoms with E-state index in [4.69, 9.17) is 6.11 Å². The first-order valence-electron chi connectivity index (χ1n) is 6.37. The molecule has 0 spiro atoms. The van der Waals surface area contributed by atoms with Gasteiger partial charge in [0.1, 0.15) is 5.75 Å². The molecule has 3 rings (SSSR count). The van der Waals surface area contributed by atoms with Gasteiger partial charge in [-0.15, -0.1) is 0 Å². The molecule has 3 atom stereocenters. The summed E-state index contributed by atoms with van der Waals surface area (Å²) < 4.78 is 13.0. The number of fused-ring (bicyclic) bond motifs is 2. The van der Waals surface area contributed by atoms with E-state index in [1.807, 2.05) is 24.3 Å². The molecule has 1 amide bonds. The predicted octanol–water partition coefficient (Wildman–Crippen LogP) is 2.36. The second-order valence-electron chi connectivity index (χ2n) is 4.56. The lowest BCUT2D eigenvalue weighted by molar-refractivity contribution is -0.131. The number of hydrogen-bond donors (Lipinski definition) is 0.